The number of ketones is 1. The van der Waals surface area contributed by atoms with Crippen LogP contribution >= 0.6 is 11.3 Å². The zero-order valence-electron chi connectivity index (χ0n) is 17.0. The number of anilines is 1. The summed E-state index contributed by atoms with van der Waals surface area (Å²) < 4.78 is 4.98. The van der Waals surface area contributed by atoms with Gasteiger partial charge in [-0.3, -0.25) is 14.4 Å². The molecule has 0 aliphatic heterocycles. The lowest BCUT2D eigenvalue weighted by atomic mass is 9.87. The van der Waals surface area contributed by atoms with E-state index in [0.29, 0.717) is 11.3 Å². The normalized spacial score (nSPS) is 11.2. The number of rotatable bonds is 7. The molecule has 0 radical (unpaired) electrons. The predicted octanol–water partition coefficient (Wildman–Crippen LogP) is 4.81. The Kier molecular flexibility index (Phi) is 7.13. The molecule has 6 heteroatoms. The van der Waals surface area contributed by atoms with Gasteiger partial charge in [0.1, 0.15) is 0 Å². The maximum atomic E-state index is 12.2. The zero-order valence-corrected chi connectivity index (χ0v) is 17.9. The van der Waals surface area contributed by atoms with Gasteiger partial charge >= 0.3 is 5.97 Å². The number of hydrogen-bond acceptors (Lipinski definition) is 5. The summed E-state index contributed by atoms with van der Waals surface area (Å²) >= 11 is 1.56. The predicted molar refractivity (Wildman–Crippen MR) is 112 cm³/mol. The first-order valence-electron chi connectivity index (χ1n) is 9.22. The number of carbonyl (C=O) groups excluding carboxylic acids is 3. The van der Waals surface area contributed by atoms with Crippen LogP contribution in [-0.2, 0) is 19.7 Å². The van der Waals surface area contributed by atoms with Crippen molar-refractivity contribution in [1.29, 1.82) is 0 Å². The van der Waals surface area contributed by atoms with Crippen molar-refractivity contribution in [3.63, 3.8) is 0 Å². The summed E-state index contributed by atoms with van der Waals surface area (Å²) in [6.45, 7) is 9.81. The Hall–Kier alpha value is -2.47. The average molecular weight is 402 g/mol. The van der Waals surface area contributed by atoms with E-state index in [1.807, 2.05) is 44.2 Å². The molecule has 0 spiro atoms. The molecule has 0 aliphatic carbocycles. The van der Waals surface area contributed by atoms with Gasteiger partial charge in [-0.2, -0.15) is 0 Å². The fourth-order valence-corrected chi connectivity index (χ4v) is 3.67. The first kappa shape index (κ1) is 21.8. The van der Waals surface area contributed by atoms with Gasteiger partial charge in [-0.15, -0.1) is 11.3 Å². The molecular weight excluding hydrogens is 374 g/mol. The van der Waals surface area contributed by atoms with E-state index in [9.17, 15) is 14.4 Å². The number of thiophene rings is 1. The van der Waals surface area contributed by atoms with Gasteiger partial charge < -0.3 is 10.1 Å². The average Bonchev–Trinajstić information content (AvgIpc) is 2.96. The summed E-state index contributed by atoms with van der Waals surface area (Å²) in [4.78, 5) is 38.0. The fourth-order valence-electron chi connectivity index (χ4n) is 2.73. The van der Waals surface area contributed by atoms with Crippen molar-refractivity contribution in [3.05, 3.63) is 51.2 Å². The summed E-state index contributed by atoms with van der Waals surface area (Å²) in [5.74, 6) is -1.05. The van der Waals surface area contributed by atoms with Gasteiger partial charge in [-0.25, -0.2) is 0 Å². The fraction of sp³-hybridized carbons (Fsp3) is 0.409. The number of benzene rings is 1. The van der Waals surface area contributed by atoms with Gasteiger partial charge in [0.25, 0.3) is 5.91 Å². The van der Waals surface area contributed by atoms with Crippen LogP contribution in [0.25, 0.3) is 0 Å². The van der Waals surface area contributed by atoms with Crippen LogP contribution in [0, 0.1) is 13.8 Å². The van der Waals surface area contributed by atoms with Crippen LogP contribution in [-0.4, -0.2) is 24.3 Å². The van der Waals surface area contributed by atoms with Gasteiger partial charge in [-0.05, 0) is 43.0 Å². The topological polar surface area (TPSA) is 72.5 Å². The molecule has 1 aromatic heterocycles. The van der Waals surface area contributed by atoms with E-state index in [-0.39, 0.29) is 30.6 Å². The van der Waals surface area contributed by atoms with Crippen LogP contribution in [0.2, 0.25) is 0 Å². The Morgan fingerprint density at radius 2 is 1.68 bits per heavy atom. The van der Waals surface area contributed by atoms with Crippen molar-refractivity contribution in [1.82, 2.24) is 0 Å². The maximum absolute atomic E-state index is 12.2. The van der Waals surface area contributed by atoms with Crippen LogP contribution in [0.1, 0.15) is 59.3 Å². The summed E-state index contributed by atoms with van der Waals surface area (Å²) in [6.07, 6.45) is 0.0342. The third-order valence-corrected chi connectivity index (χ3v) is 5.26. The molecule has 2 aromatic rings. The molecule has 0 bridgehead atoms. The summed E-state index contributed by atoms with van der Waals surface area (Å²) in [6, 6.07) is 9.41. The smallest absolute Gasteiger partial charge is 0.306 e. The number of amides is 1. The van der Waals surface area contributed by atoms with E-state index in [0.717, 1.165) is 15.3 Å². The summed E-state index contributed by atoms with van der Waals surface area (Å²) in [5.41, 5.74) is 2.51. The van der Waals surface area contributed by atoms with Gasteiger partial charge in [0.05, 0.1) is 6.42 Å². The minimum absolute atomic E-state index is 0.0375. The van der Waals surface area contributed by atoms with Crippen molar-refractivity contribution >= 4 is 34.7 Å². The van der Waals surface area contributed by atoms with Crippen molar-refractivity contribution in [2.45, 2.75) is 52.9 Å². The second kappa shape index (κ2) is 9.15. The molecule has 1 N–H and O–H groups in total. The molecule has 0 saturated carbocycles. The minimum Gasteiger partial charge on any atom is -0.456 e. The Morgan fingerprint density at radius 3 is 2.21 bits per heavy atom. The molecule has 28 heavy (non-hydrogen) atoms. The number of ether oxygens (including phenoxy) is 1. The van der Waals surface area contributed by atoms with Gasteiger partial charge in [0.15, 0.2) is 12.4 Å². The Bertz CT molecular complexity index is 860. The van der Waals surface area contributed by atoms with Gasteiger partial charge in [0, 0.05) is 27.4 Å². The zero-order chi connectivity index (χ0) is 20.9. The summed E-state index contributed by atoms with van der Waals surface area (Å²) in [7, 11) is 0. The molecule has 2 rings (SSSR count). The van der Waals surface area contributed by atoms with Gasteiger partial charge in [0.2, 0.25) is 0 Å². The molecule has 1 aromatic carbocycles. The van der Waals surface area contributed by atoms with E-state index < -0.39 is 11.9 Å². The van der Waals surface area contributed by atoms with Crippen LogP contribution in [0.5, 0.6) is 0 Å². The highest BCUT2D eigenvalue weighted by Gasteiger charge is 2.16. The van der Waals surface area contributed by atoms with Gasteiger partial charge in [-0.1, -0.05) is 32.9 Å². The van der Waals surface area contributed by atoms with Crippen LogP contribution in [0.4, 0.5) is 5.69 Å². The van der Waals surface area contributed by atoms with Crippen molar-refractivity contribution < 1.29 is 19.1 Å². The molecule has 1 amide bonds. The Morgan fingerprint density at radius 1 is 1.04 bits per heavy atom. The lowest BCUT2D eigenvalue weighted by Gasteiger charge is -2.19. The molecule has 0 atom stereocenters. The molecule has 150 valence electrons. The quantitative estimate of drug-likeness (QED) is 0.534. The molecule has 1 heterocycles. The summed E-state index contributed by atoms with van der Waals surface area (Å²) in [5, 5.41) is 2.70. The first-order valence-corrected chi connectivity index (χ1v) is 10.0. The van der Waals surface area contributed by atoms with Crippen molar-refractivity contribution in [2.75, 3.05) is 11.9 Å². The number of Topliss-reactive ketones (excluding diaryl/α,β-unsaturated/α-hetero) is 1. The van der Waals surface area contributed by atoms with E-state index in [2.05, 4.69) is 26.1 Å². The van der Waals surface area contributed by atoms with Crippen LogP contribution in [0.15, 0.2) is 30.3 Å². The molecule has 0 fully saturated rings. The monoisotopic (exact) mass is 401 g/mol. The van der Waals surface area contributed by atoms with Crippen molar-refractivity contribution in [3.8, 4) is 0 Å². The molecule has 0 saturated heterocycles. The Labute approximate surface area is 170 Å². The Balaban J connectivity index is 1.75. The SMILES string of the molecule is Cc1cc(C(=O)CCC(=O)OCC(=O)Nc2ccc(C(C)(C)C)cc2)c(C)s1. The highest BCUT2D eigenvalue weighted by Crippen LogP contribution is 2.24. The number of aryl methyl sites for hydroxylation is 2. The second-order valence-corrected chi connectivity index (χ2v) is 9.25. The van der Waals surface area contributed by atoms with E-state index >= 15 is 0 Å². The maximum Gasteiger partial charge on any atom is 0.306 e. The molecular formula is C22H27NO4S. The number of carbonyl (C=O) groups is 3. The highest BCUT2D eigenvalue weighted by molar-refractivity contribution is 7.12. The molecule has 0 aliphatic rings. The highest BCUT2D eigenvalue weighted by atomic mass is 32.1. The number of esters is 1. The van der Waals surface area contributed by atoms with Crippen LogP contribution in [0.3, 0.4) is 0 Å². The van der Waals surface area contributed by atoms with E-state index in [4.69, 9.17) is 4.74 Å². The second-order valence-electron chi connectivity index (χ2n) is 7.79. The van der Waals surface area contributed by atoms with E-state index in [1.165, 1.54) is 0 Å². The van der Waals surface area contributed by atoms with Crippen LogP contribution < -0.4 is 5.32 Å². The third kappa shape index (κ3) is 6.30. The lowest BCUT2D eigenvalue weighted by Crippen LogP contribution is -2.21. The molecule has 0 unspecified atom stereocenters. The minimum atomic E-state index is -0.559. The van der Waals surface area contributed by atoms with E-state index in [1.54, 1.807) is 11.3 Å². The standard InChI is InChI=1S/C22H27NO4S/c1-14-12-18(15(2)28-14)19(24)10-11-21(26)27-13-20(25)23-17-8-6-16(7-9-17)22(3,4)5/h6-9,12H,10-11,13H2,1-5H3,(H,23,25). The lowest BCUT2D eigenvalue weighted by molar-refractivity contribution is -0.147. The largest absolute Gasteiger partial charge is 0.456 e. The van der Waals surface area contributed by atoms with Crippen molar-refractivity contribution in [2.24, 2.45) is 0 Å². The molecule has 5 nitrogen and oxygen atoms in total. The number of hydrogen-bond donors (Lipinski definition) is 1. The third-order valence-electron chi connectivity index (χ3n) is 4.30. The number of nitrogens with one attached hydrogen (secondary N) is 1. The first-order chi connectivity index (χ1) is 13.1.